The first kappa shape index (κ1) is 15.0. The van der Waals surface area contributed by atoms with Crippen LogP contribution < -0.4 is 0 Å². The topological polar surface area (TPSA) is 67.6 Å². The first-order valence-electron chi connectivity index (χ1n) is 7.10. The molecule has 1 N–H and O–H groups in total. The molecule has 6 heteroatoms. The van der Waals surface area contributed by atoms with Gasteiger partial charge in [0.2, 0.25) is 0 Å². The summed E-state index contributed by atoms with van der Waals surface area (Å²) in [5, 5.41) is 13.5. The molecule has 6 nitrogen and oxygen atoms in total. The Kier molecular flexibility index (Phi) is 4.77. The molecule has 0 radical (unpaired) electrons. The lowest BCUT2D eigenvalue weighted by atomic mass is 9.99. The van der Waals surface area contributed by atoms with Gasteiger partial charge in [0.05, 0.1) is 24.8 Å². The second-order valence-electron chi connectivity index (χ2n) is 5.34. The number of ether oxygens (including phenoxy) is 1. The molecule has 3 atom stereocenters. The third-order valence-electron chi connectivity index (χ3n) is 4.06. The Hall–Kier alpha value is -1.40. The minimum atomic E-state index is -0.772. The molecule has 0 spiro atoms. The highest BCUT2D eigenvalue weighted by Gasteiger charge is 2.39. The van der Waals surface area contributed by atoms with Gasteiger partial charge in [-0.15, -0.1) is 0 Å². The van der Waals surface area contributed by atoms with Crippen molar-refractivity contribution in [2.24, 2.45) is 13.0 Å². The van der Waals surface area contributed by atoms with Gasteiger partial charge in [-0.25, -0.2) is 0 Å². The summed E-state index contributed by atoms with van der Waals surface area (Å²) in [4.78, 5) is 13.6. The number of hydrogen-bond acceptors (Lipinski definition) is 4. The summed E-state index contributed by atoms with van der Waals surface area (Å²) in [5.74, 6) is -1.22. The average Bonchev–Trinajstić information content (AvgIpc) is 3.03. The molecular weight excluding hydrogens is 258 g/mol. The summed E-state index contributed by atoms with van der Waals surface area (Å²) < 4.78 is 7.26. The van der Waals surface area contributed by atoms with Crippen LogP contribution >= 0.6 is 0 Å². The number of nitrogens with zero attached hydrogens (tertiary/aromatic N) is 3. The number of carboxylic acids is 1. The fraction of sp³-hybridized carbons (Fsp3) is 0.714. The van der Waals surface area contributed by atoms with Crippen LogP contribution in [0.5, 0.6) is 0 Å². The zero-order chi connectivity index (χ0) is 14.7. The molecule has 3 unspecified atom stereocenters. The highest BCUT2D eigenvalue weighted by atomic mass is 16.5. The van der Waals surface area contributed by atoms with Crippen molar-refractivity contribution in [3.63, 3.8) is 0 Å². The molecule has 0 amide bonds. The van der Waals surface area contributed by atoms with Crippen molar-refractivity contribution in [3.8, 4) is 0 Å². The summed E-state index contributed by atoms with van der Waals surface area (Å²) in [6.07, 6.45) is 2.75. The fourth-order valence-electron chi connectivity index (χ4n) is 2.97. The second-order valence-corrected chi connectivity index (χ2v) is 5.34. The van der Waals surface area contributed by atoms with Crippen molar-refractivity contribution in [2.75, 3.05) is 19.8 Å². The van der Waals surface area contributed by atoms with E-state index in [1.54, 1.807) is 6.20 Å². The normalized spacial score (nSPS) is 24.2. The third-order valence-corrected chi connectivity index (χ3v) is 4.06. The summed E-state index contributed by atoms with van der Waals surface area (Å²) in [7, 11) is 1.91. The summed E-state index contributed by atoms with van der Waals surface area (Å²) in [6, 6.07) is 2.03. The van der Waals surface area contributed by atoms with Crippen LogP contribution in [-0.4, -0.2) is 51.6 Å². The van der Waals surface area contributed by atoms with E-state index in [2.05, 4.69) is 23.8 Å². The van der Waals surface area contributed by atoms with Crippen molar-refractivity contribution < 1.29 is 14.6 Å². The van der Waals surface area contributed by atoms with Crippen molar-refractivity contribution in [3.05, 3.63) is 18.0 Å². The van der Waals surface area contributed by atoms with Gasteiger partial charge in [-0.1, -0.05) is 6.92 Å². The largest absolute Gasteiger partial charge is 0.481 e. The molecule has 1 saturated heterocycles. The van der Waals surface area contributed by atoms with Gasteiger partial charge in [0.1, 0.15) is 0 Å². The highest BCUT2D eigenvalue weighted by molar-refractivity contribution is 5.71. The third kappa shape index (κ3) is 2.86. The van der Waals surface area contributed by atoms with Crippen LogP contribution in [0.4, 0.5) is 0 Å². The van der Waals surface area contributed by atoms with E-state index in [4.69, 9.17) is 4.74 Å². The maximum atomic E-state index is 11.4. The zero-order valence-electron chi connectivity index (χ0n) is 12.3. The van der Waals surface area contributed by atoms with Crippen LogP contribution in [-0.2, 0) is 16.6 Å². The van der Waals surface area contributed by atoms with Crippen molar-refractivity contribution in [1.29, 1.82) is 0 Å². The van der Waals surface area contributed by atoms with Gasteiger partial charge < -0.3 is 9.84 Å². The minimum Gasteiger partial charge on any atom is -0.481 e. The molecule has 2 heterocycles. The Morgan fingerprint density at radius 2 is 2.40 bits per heavy atom. The first-order valence-corrected chi connectivity index (χ1v) is 7.10. The molecule has 2 rings (SSSR count). The number of rotatable bonds is 6. The lowest BCUT2D eigenvalue weighted by Crippen LogP contribution is -2.45. The monoisotopic (exact) mass is 281 g/mol. The van der Waals surface area contributed by atoms with E-state index in [1.165, 1.54) is 0 Å². The number of aromatic nitrogens is 2. The number of carbonyl (C=O) groups is 1. The van der Waals surface area contributed by atoms with Gasteiger partial charge in [-0.05, 0) is 26.0 Å². The Labute approximate surface area is 119 Å². The molecule has 1 fully saturated rings. The Balaban J connectivity index is 2.22. The van der Waals surface area contributed by atoms with Crippen LogP contribution in [0.2, 0.25) is 0 Å². The molecule has 0 aliphatic carbocycles. The van der Waals surface area contributed by atoms with E-state index >= 15 is 0 Å². The van der Waals surface area contributed by atoms with Gasteiger partial charge in [-0.2, -0.15) is 5.10 Å². The van der Waals surface area contributed by atoms with E-state index in [9.17, 15) is 9.90 Å². The Morgan fingerprint density at radius 1 is 1.65 bits per heavy atom. The van der Waals surface area contributed by atoms with Crippen molar-refractivity contribution in [2.45, 2.75) is 32.4 Å². The molecule has 1 aromatic heterocycles. The molecule has 0 saturated carbocycles. The van der Waals surface area contributed by atoms with Crippen molar-refractivity contribution >= 4 is 5.97 Å². The van der Waals surface area contributed by atoms with Crippen LogP contribution in [0.15, 0.2) is 12.3 Å². The maximum absolute atomic E-state index is 11.4. The number of hydrogen-bond donors (Lipinski definition) is 1. The van der Waals surface area contributed by atoms with Gasteiger partial charge in [0, 0.05) is 25.3 Å². The maximum Gasteiger partial charge on any atom is 0.310 e. The van der Waals surface area contributed by atoms with E-state index in [-0.39, 0.29) is 12.1 Å². The lowest BCUT2D eigenvalue weighted by molar-refractivity contribution is -0.143. The van der Waals surface area contributed by atoms with E-state index in [0.717, 1.165) is 18.7 Å². The van der Waals surface area contributed by atoms with E-state index < -0.39 is 11.9 Å². The Morgan fingerprint density at radius 3 is 2.95 bits per heavy atom. The van der Waals surface area contributed by atoms with Gasteiger partial charge >= 0.3 is 5.97 Å². The summed E-state index contributed by atoms with van der Waals surface area (Å²) >= 11 is 0. The number of aryl methyl sites for hydroxylation is 1. The molecule has 0 bridgehead atoms. The molecule has 112 valence electrons. The van der Waals surface area contributed by atoms with E-state index in [1.807, 2.05) is 17.8 Å². The molecule has 20 heavy (non-hydrogen) atoms. The highest BCUT2D eigenvalue weighted by Crippen LogP contribution is 2.29. The van der Waals surface area contributed by atoms with Crippen molar-refractivity contribution in [1.82, 2.24) is 14.7 Å². The number of aliphatic carboxylic acids is 1. The molecule has 1 aliphatic rings. The van der Waals surface area contributed by atoms with Crippen LogP contribution in [0.3, 0.4) is 0 Å². The predicted octanol–water partition coefficient (Wildman–Crippen LogP) is 1.29. The quantitative estimate of drug-likeness (QED) is 0.851. The first-order chi connectivity index (χ1) is 9.56. The Bertz CT molecular complexity index is 460. The predicted molar refractivity (Wildman–Crippen MR) is 74.4 cm³/mol. The summed E-state index contributed by atoms with van der Waals surface area (Å²) in [5.41, 5.74) is 1.09. The fourth-order valence-corrected chi connectivity index (χ4v) is 2.97. The standard InChI is InChI=1S/C14H23N3O3/c1-4-7-17(10(2)12-5-6-15-16(12)3)13-9-20-8-11(13)14(18)19/h5-6,10-11,13H,4,7-9H2,1-3H3,(H,18,19). The van der Waals surface area contributed by atoms with E-state index in [0.29, 0.717) is 13.2 Å². The number of carboxylic acid groups (broad SMARTS) is 1. The molecule has 1 aromatic rings. The van der Waals surface area contributed by atoms with Gasteiger partial charge in [0.25, 0.3) is 0 Å². The SMILES string of the molecule is CCCN(C(C)c1ccnn1C)C1COCC1C(=O)O. The lowest BCUT2D eigenvalue weighted by Gasteiger charge is -2.35. The van der Waals surface area contributed by atoms with Gasteiger partial charge in [-0.3, -0.25) is 14.4 Å². The average molecular weight is 281 g/mol. The van der Waals surface area contributed by atoms with Crippen LogP contribution in [0.1, 0.15) is 32.0 Å². The minimum absolute atomic E-state index is 0.0719. The summed E-state index contributed by atoms with van der Waals surface area (Å²) in [6.45, 7) is 5.85. The molecular formula is C14H23N3O3. The molecule has 1 aliphatic heterocycles. The smallest absolute Gasteiger partial charge is 0.310 e. The van der Waals surface area contributed by atoms with Gasteiger partial charge in [0.15, 0.2) is 0 Å². The van der Waals surface area contributed by atoms with Crippen LogP contribution in [0, 0.1) is 5.92 Å². The van der Waals surface area contributed by atoms with Crippen LogP contribution in [0.25, 0.3) is 0 Å². The zero-order valence-corrected chi connectivity index (χ0v) is 12.3. The second kappa shape index (κ2) is 6.37. The molecule has 0 aromatic carbocycles.